The Morgan fingerprint density at radius 1 is 1.35 bits per heavy atom. The minimum Gasteiger partial charge on any atom is -0.297 e. The molecule has 2 aromatic rings. The van der Waals surface area contributed by atoms with Gasteiger partial charge in [0, 0.05) is 24.5 Å². The summed E-state index contributed by atoms with van der Waals surface area (Å²) < 4.78 is 3.58. The average molecular weight is 340 g/mol. The molecule has 1 aromatic carbocycles. The quantitative estimate of drug-likeness (QED) is 0.635. The highest BCUT2D eigenvalue weighted by Crippen LogP contribution is 2.25. The van der Waals surface area contributed by atoms with E-state index in [0.29, 0.717) is 16.6 Å². The van der Waals surface area contributed by atoms with E-state index in [0.717, 1.165) is 0 Å². The Morgan fingerprint density at radius 3 is 2.60 bits per heavy atom. The van der Waals surface area contributed by atoms with Crippen LogP contribution >= 0.6 is 15.9 Å². The van der Waals surface area contributed by atoms with E-state index in [1.807, 2.05) is 13.8 Å². The maximum Gasteiger partial charge on any atom is 0.328 e. The van der Waals surface area contributed by atoms with Crippen LogP contribution in [0.5, 0.6) is 0 Å². The van der Waals surface area contributed by atoms with Crippen molar-refractivity contribution in [2.45, 2.75) is 26.4 Å². The average Bonchev–Trinajstić information content (AvgIpc) is 2.73. The molecule has 106 valence electrons. The summed E-state index contributed by atoms with van der Waals surface area (Å²) in [4.78, 5) is 22.5. The summed E-state index contributed by atoms with van der Waals surface area (Å²) in [7, 11) is 0. The van der Waals surface area contributed by atoms with E-state index in [-0.39, 0.29) is 17.4 Å². The maximum absolute atomic E-state index is 12.1. The van der Waals surface area contributed by atoms with Gasteiger partial charge in [-0.05, 0) is 41.4 Å². The monoisotopic (exact) mass is 339 g/mol. The zero-order valence-corrected chi connectivity index (χ0v) is 12.7. The standard InChI is InChI=1S/C13H14BrN3O3/c1-9(2)16-6-5-15(13(16)18)8-10-3-4-11(14)12(7-10)17(19)20/h3-7,9H,8H2,1-2H3. The van der Waals surface area contributed by atoms with E-state index in [1.54, 1.807) is 29.1 Å². The number of benzene rings is 1. The number of hydrogen-bond acceptors (Lipinski definition) is 3. The predicted octanol–water partition coefficient (Wildman–Crippen LogP) is 2.95. The Kier molecular flexibility index (Phi) is 4.08. The summed E-state index contributed by atoms with van der Waals surface area (Å²) in [6, 6.07) is 4.94. The maximum atomic E-state index is 12.1. The molecule has 0 unspecified atom stereocenters. The normalized spacial score (nSPS) is 11.0. The van der Waals surface area contributed by atoms with Gasteiger partial charge in [-0.2, -0.15) is 0 Å². The third kappa shape index (κ3) is 2.82. The first-order valence-electron chi connectivity index (χ1n) is 6.10. The molecule has 0 spiro atoms. The van der Waals surface area contributed by atoms with Gasteiger partial charge >= 0.3 is 5.69 Å². The van der Waals surface area contributed by atoms with Crippen LogP contribution in [-0.2, 0) is 6.54 Å². The number of imidazole rings is 1. The van der Waals surface area contributed by atoms with Crippen LogP contribution in [0.15, 0.2) is 39.9 Å². The van der Waals surface area contributed by atoms with Crippen LogP contribution in [0.2, 0.25) is 0 Å². The topological polar surface area (TPSA) is 70.1 Å². The van der Waals surface area contributed by atoms with Crippen LogP contribution in [0.1, 0.15) is 25.5 Å². The summed E-state index contributed by atoms with van der Waals surface area (Å²) >= 11 is 3.14. The molecule has 0 amide bonds. The van der Waals surface area contributed by atoms with E-state index < -0.39 is 4.92 Å². The zero-order valence-electron chi connectivity index (χ0n) is 11.1. The Labute approximate surface area is 123 Å². The lowest BCUT2D eigenvalue weighted by Gasteiger charge is -2.05. The van der Waals surface area contributed by atoms with Gasteiger partial charge in [0.25, 0.3) is 5.69 Å². The van der Waals surface area contributed by atoms with Crippen molar-refractivity contribution in [1.82, 2.24) is 9.13 Å². The highest BCUT2D eigenvalue weighted by atomic mass is 79.9. The molecule has 0 saturated carbocycles. The molecule has 0 bridgehead atoms. The first kappa shape index (κ1) is 14.5. The zero-order chi connectivity index (χ0) is 14.9. The van der Waals surface area contributed by atoms with Crippen molar-refractivity contribution in [2.24, 2.45) is 0 Å². The molecule has 2 rings (SSSR count). The van der Waals surface area contributed by atoms with Gasteiger partial charge in [-0.3, -0.25) is 19.2 Å². The smallest absolute Gasteiger partial charge is 0.297 e. The van der Waals surface area contributed by atoms with Crippen molar-refractivity contribution in [2.75, 3.05) is 0 Å². The molecule has 0 radical (unpaired) electrons. The van der Waals surface area contributed by atoms with Crippen LogP contribution in [0, 0.1) is 10.1 Å². The third-order valence-electron chi connectivity index (χ3n) is 2.99. The largest absolute Gasteiger partial charge is 0.328 e. The SMILES string of the molecule is CC(C)n1ccn(Cc2ccc(Br)c([N+](=O)[O-])c2)c1=O. The minimum atomic E-state index is -0.449. The fraction of sp³-hybridized carbons (Fsp3) is 0.308. The van der Waals surface area contributed by atoms with Crippen molar-refractivity contribution in [3.05, 3.63) is 61.2 Å². The molecule has 6 nitrogen and oxygen atoms in total. The second-order valence-electron chi connectivity index (χ2n) is 4.75. The molecule has 0 aliphatic rings. The summed E-state index contributed by atoms with van der Waals surface area (Å²) in [6.07, 6.45) is 3.41. The fourth-order valence-corrected chi connectivity index (χ4v) is 2.33. The molecule has 1 aromatic heterocycles. The fourth-order valence-electron chi connectivity index (χ4n) is 1.93. The number of aromatic nitrogens is 2. The van der Waals surface area contributed by atoms with E-state index in [9.17, 15) is 14.9 Å². The molecule has 0 fully saturated rings. The van der Waals surface area contributed by atoms with Crippen LogP contribution in [0.4, 0.5) is 5.69 Å². The molecule has 1 heterocycles. The number of nitro groups is 1. The van der Waals surface area contributed by atoms with Gasteiger partial charge in [-0.15, -0.1) is 0 Å². The lowest BCUT2D eigenvalue weighted by Crippen LogP contribution is -2.25. The molecular formula is C13H14BrN3O3. The van der Waals surface area contributed by atoms with Crippen molar-refractivity contribution in [3.8, 4) is 0 Å². The van der Waals surface area contributed by atoms with Crippen molar-refractivity contribution in [3.63, 3.8) is 0 Å². The summed E-state index contributed by atoms with van der Waals surface area (Å²) in [6.45, 7) is 4.17. The lowest BCUT2D eigenvalue weighted by atomic mass is 10.2. The highest BCUT2D eigenvalue weighted by molar-refractivity contribution is 9.10. The van der Waals surface area contributed by atoms with Gasteiger partial charge in [-0.1, -0.05) is 6.07 Å². The lowest BCUT2D eigenvalue weighted by molar-refractivity contribution is -0.385. The molecule has 0 saturated heterocycles. The second-order valence-corrected chi connectivity index (χ2v) is 5.61. The number of hydrogen-bond donors (Lipinski definition) is 0. The summed E-state index contributed by atoms with van der Waals surface area (Å²) in [5.74, 6) is 0. The van der Waals surface area contributed by atoms with Crippen LogP contribution in [0.25, 0.3) is 0 Å². The molecule has 0 aliphatic carbocycles. The Bertz CT molecular complexity index is 703. The Morgan fingerprint density at radius 2 is 2.05 bits per heavy atom. The molecule has 20 heavy (non-hydrogen) atoms. The van der Waals surface area contributed by atoms with Gasteiger partial charge in [0.1, 0.15) is 0 Å². The van der Waals surface area contributed by atoms with E-state index in [2.05, 4.69) is 15.9 Å². The molecule has 0 N–H and O–H groups in total. The van der Waals surface area contributed by atoms with Crippen molar-refractivity contribution < 1.29 is 4.92 Å². The molecule has 0 aliphatic heterocycles. The molecular weight excluding hydrogens is 326 g/mol. The first-order chi connectivity index (χ1) is 9.40. The van der Waals surface area contributed by atoms with Gasteiger partial charge in [0.2, 0.25) is 0 Å². The van der Waals surface area contributed by atoms with E-state index in [4.69, 9.17) is 0 Å². The number of nitrogens with zero attached hydrogens (tertiary/aromatic N) is 3. The molecule has 7 heteroatoms. The van der Waals surface area contributed by atoms with Gasteiger partial charge < -0.3 is 0 Å². The third-order valence-corrected chi connectivity index (χ3v) is 3.66. The van der Waals surface area contributed by atoms with Crippen LogP contribution in [0.3, 0.4) is 0 Å². The van der Waals surface area contributed by atoms with Crippen molar-refractivity contribution >= 4 is 21.6 Å². The summed E-state index contributed by atoms with van der Waals surface area (Å²) in [5.41, 5.74) is 0.591. The van der Waals surface area contributed by atoms with E-state index in [1.165, 1.54) is 10.6 Å². The number of rotatable bonds is 4. The highest BCUT2D eigenvalue weighted by Gasteiger charge is 2.13. The second kappa shape index (κ2) is 5.62. The number of nitro benzene ring substituents is 1. The van der Waals surface area contributed by atoms with Crippen LogP contribution in [-0.4, -0.2) is 14.1 Å². The Hall–Kier alpha value is -1.89. The predicted molar refractivity (Wildman–Crippen MR) is 79.0 cm³/mol. The number of halogens is 1. The first-order valence-corrected chi connectivity index (χ1v) is 6.89. The van der Waals surface area contributed by atoms with E-state index >= 15 is 0 Å². The van der Waals surface area contributed by atoms with Gasteiger partial charge in [0.05, 0.1) is 15.9 Å². The Balaban J connectivity index is 2.33. The van der Waals surface area contributed by atoms with Crippen molar-refractivity contribution in [1.29, 1.82) is 0 Å². The van der Waals surface area contributed by atoms with Gasteiger partial charge in [-0.25, -0.2) is 4.79 Å². The minimum absolute atomic E-state index is 0.00107. The molecule has 0 atom stereocenters. The summed E-state index contributed by atoms with van der Waals surface area (Å²) in [5, 5.41) is 10.9. The van der Waals surface area contributed by atoms with Gasteiger partial charge in [0.15, 0.2) is 0 Å². The van der Waals surface area contributed by atoms with Crippen LogP contribution < -0.4 is 5.69 Å².